The van der Waals surface area contributed by atoms with Gasteiger partial charge in [0.2, 0.25) is 0 Å². The lowest BCUT2D eigenvalue weighted by Gasteiger charge is -2.00. The van der Waals surface area contributed by atoms with E-state index < -0.39 is 0 Å². The van der Waals surface area contributed by atoms with Crippen LogP contribution in [-0.4, -0.2) is 9.38 Å². The predicted octanol–water partition coefficient (Wildman–Crippen LogP) is 2.57. The van der Waals surface area contributed by atoms with Crippen LogP contribution in [-0.2, 0) is 0 Å². The molecule has 0 saturated heterocycles. The van der Waals surface area contributed by atoms with Gasteiger partial charge in [0, 0.05) is 10.4 Å². The molecule has 0 aliphatic heterocycles. The third-order valence-electron chi connectivity index (χ3n) is 3.94. The van der Waals surface area contributed by atoms with Gasteiger partial charge in [-0.05, 0) is 24.3 Å². The highest BCUT2D eigenvalue weighted by molar-refractivity contribution is 6.31. The minimum absolute atomic E-state index is 0.0751. The van der Waals surface area contributed by atoms with E-state index in [4.69, 9.17) is 11.6 Å². The van der Waals surface area contributed by atoms with Crippen molar-refractivity contribution >= 4 is 44.6 Å². The van der Waals surface area contributed by atoms with E-state index in [9.17, 15) is 15.3 Å². The third kappa shape index (κ3) is 1.80. The van der Waals surface area contributed by atoms with Gasteiger partial charge in [-0.2, -0.15) is 10.5 Å². The maximum atomic E-state index is 13.0. The Morgan fingerprint density at radius 2 is 1.83 bits per heavy atom. The molecule has 0 fully saturated rings. The van der Waals surface area contributed by atoms with Crippen LogP contribution >= 0.6 is 11.6 Å². The molecule has 2 heterocycles. The number of fused-ring (bicyclic) bond motifs is 4. The van der Waals surface area contributed by atoms with Crippen molar-refractivity contribution in [1.29, 1.82) is 10.5 Å². The van der Waals surface area contributed by atoms with Crippen molar-refractivity contribution in [3.05, 3.63) is 63.1 Å². The second-order valence-corrected chi connectivity index (χ2v) is 5.66. The van der Waals surface area contributed by atoms with E-state index >= 15 is 0 Å². The van der Waals surface area contributed by atoms with Crippen LogP contribution in [0.3, 0.4) is 0 Å². The molecule has 0 radical (unpaired) electrons. The van der Waals surface area contributed by atoms with E-state index in [2.05, 4.69) is 4.98 Å². The number of nitrogens with zero attached hydrogens (tertiary/aromatic N) is 4. The van der Waals surface area contributed by atoms with Crippen LogP contribution in [0.5, 0.6) is 0 Å². The SMILES string of the molecule is N#CC(C#N)=c1c2ccccc2n2c(=O)c3cc(Cl)ccc3nc12. The lowest BCUT2D eigenvalue weighted by Crippen LogP contribution is -2.17. The maximum Gasteiger partial charge on any atom is 0.266 e. The van der Waals surface area contributed by atoms with E-state index in [0.29, 0.717) is 37.7 Å². The molecule has 0 unspecified atom stereocenters. The van der Waals surface area contributed by atoms with Gasteiger partial charge >= 0.3 is 0 Å². The first-order valence-corrected chi connectivity index (χ1v) is 7.40. The average Bonchev–Trinajstić information content (AvgIpc) is 2.92. The molecule has 4 rings (SSSR count). The van der Waals surface area contributed by atoms with Gasteiger partial charge in [-0.25, -0.2) is 4.98 Å². The van der Waals surface area contributed by atoms with Crippen molar-refractivity contribution in [3.63, 3.8) is 0 Å². The Morgan fingerprint density at radius 1 is 1.08 bits per heavy atom. The van der Waals surface area contributed by atoms with Gasteiger partial charge in [-0.3, -0.25) is 9.20 Å². The second-order valence-electron chi connectivity index (χ2n) is 5.23. The van der Waals surface area contributed by atoms with Gasteiger partial charge in [-0.15, -0.1) is 0 Å². The third-order valence-corrected chi connectivity index (χ3v) is 4.18. The molecule has 0 spiro atoms. The first kappa shape index (κ1) is 14.2. The Balaban J connectivity index is 2.47. The standard InChI is InChI=1S/C18H7ClN4O/c19-11-5-6-14-13(7-11)18(24)23-15-4-2-1-3-12(15)16(17(23)22-14)10(8-20)9-21/h1-7H. The summed E-state index contributed by atoms with van der Waals surface area (Å²) in [5.74, 6) is 0. The Hall–Kier alpha value is -3.41. The van der Waals surface area contributed by atoms with Crippen molar-refractivity contribution in [2.75, 3.05) is 0 Å². The topological polar surface area (TPSA) is 82.0 Å². The lowest BCUT2D eigenvalue weighted by atomic mass is 10.1. The van der Waals surface area contributed by atoms with Crippen molar-refractivity contribution in [1.82, 2.24) is 9.38 Å². The van der Waals surface area contributed by atoms with Crippen LogP contribution in [0.4, 0.5) is 0 Å². The van der Waals surface area contributed by atoms with Gasteiger partial charge in [0.15, 0.2) is 5.65 Å². The highest BCUT2D eigenvalue weighted by Crippen LogP contribution is 2.19. The number of aromatic nitrogens is 2. The lowest BCUT2D eigenvalue weighted by molar-refractivity contribution is 1.14. The van der Waals surface area contributed by atoms with Crippen molar-refractivity contribution in [2.24, 2.45) is 0 Å². The summed E-state index contributed by atoms with van der Waals surface area (Å²) in [5, 5.41) is 20.4. The molecule has 0 bridgehead atoms. The van der Waals surface area contributed by atoms with E-state index in [-0.39, 0.29) is 11.1 Å². The second kappa shape index (κ2) is 5.06. The van der Waals surface area contributed by atoms with E-state index in [1.165, 1.54) is 4.40 Å². The molecule has 24 heavy (non-hydrogen) atoms. The molecule has 2 aromatic carbocycles. The molecule has 112 valence electrons. The molecular weight excluding hydrogens is 324 g/mol. The van der Waals surface area contributed by atoms with Crippen LogP contribution in [0.2, 0.25) is 5.02 Å². The normalized spacial score (nSPS) is 10.8. The van der Waals surface area contributed by atoms with Gasteiger partial charge in [0.1, 0.15) is 17.7 Å². The van der Waals surface area contributed by atoms with Crippen LogP contribution in [0.1, 0.15) is 0 Å². The Morgan fingerprint density at radius 3 is 2.58 bits per heavy atom. The number of rotatable bonds is 0. The Bertz CT molecular complexity index is 1340. The summed E-state index contributed by atoms with van der Waals surface area (Å²) in [5.41, 5.74) is 1.01. The fraction of sp³-hybridized carbons (Fsp3) is 0. The molecule has 0 amide bonds. The predicted molar refractivity (Wildman–Crippen MR) is 91.3 cm³/mol. The van der Waals surface area contributed by atoms with Crippen LogP contribution in [0.25, 0.3) is 33.0 Å². The molecule has 5 nitrogen and oxygen atoms in total. The molecule has 2 aromatic heterocycles. The highest BCUT2D eigenvalue weighted by atomic mass is 35.5. The number of benzene rings is 2. The summed E-state index contributed by atoms with van der Waals surface area (Å²) in [6.07, 6.45) is 0. The molecule has 0 aliphatic carbocycles. The van der Waals surface area contributed by atoms with Gasteiger partial charge in [-0.1, -0.05) is 29.8 Å². The molecular formula is C18H7ClN4O. The number of hydrogen-bond acceptors (Lipinski definition) is 4. The summed E-state index contributed by atoms with van der Waals surface area (Å²) in [6, 6.07) is 15.8. The smallest absolute Gasteiger partial charge is 0.266 e. The minimum Gasteiger partial charge on any atom is -0.268 e. The largest absolute Gasteiger partial charge is 0.268 e. The van der Waals surface area contributed by atoms with Crippen molar-refractivity contribution in [2.45, 2.75) is 0 Å². The quantitative estimate of drug-likeness (QED) is 0.496. The number of hydrogen-bond donors (Lipinski definition) is 0. The van der Waals surface area contributed by atoms with E-state index in [1.54, 1.807) is 42.5 Å². The van der Waals surface area contributed by atoms with E-state index in [0.717, 1.165) is 0 Å². The van der Waals surface area contributed by atoms with E-state index in [1.807, 2.05) is 12.1 Å². The number of halogens is 1. The summed E-state index contributed by atoms with van der Waals surface area (Å²) < 4.78 is 1.43. The zero-order chi connectivity index (χ0) is 16.8. The van der Waals surface area contributed by atoms with Crippen molar-refractivity contribution in [3.8, 4) is 12.1 Å². The first-order chi connectivity index (χ1) is 11.7. The van der Waals surface area contributed by atoms with Crippen molar-refractivity contribution < 1.29 is 0 Å². The first-order valence-electron chi connectivity index (χ1n) is 7.02. The van der Waals surface area contributed by atoms with Gasteiger partial charge in [0.05, 0.1) is 21.6 Å². The molecule has 0 saturated carbocycles. The van der Waals surface area contributed by atoms with Gasteiger partial charge < -0.3 is 0 Å². The van der Waals surface area contributed by atoms with Crippen LogP contribution < -0.4 is 10.8 Å². The zero-order valence-corrected chi connectivity index (χ0v) is 12.9. The van der Waals surface area contributed by atoms with Crippen LogP contribution in [0.15, 0.2) is 47.3 Å². The number of nitriles is 2. The highest BCUT2D eigenvalue weighted by Gasteiger charge is 2.15. The molecule has 6 heteroatoms. The molecule has 0 aliphatic rings. The maximum absolute atomic E-state index is 13.0. The molecule has 0 N–H and O–H groups in total. The van der Waals surface area contributed by atoms with Gasteiger partial charge in [0.25, 0.3) is 5.56 Å². The summed E-state index contributed by atoms with van der Waals surface area (Å²) in [4.78, 5) is 17.5. The fourth-order valence-electron chi connectivity index (χ4n) is 2.93. The average molecular weight is 331 g/mol. The summed E-state index contributed by atoms with van der Waals surface area (Å²) in [6.45, 7) is 0. The zero-order valence-electron chi connectivity index (χ0n) is 12.1. The fourth-order valence-corrected chi connectivity index (χ4v) is 3.10. The minimum atomic E-state index is -0.282. The number of para-hydroxylation sites is 1. The molecule has 0 atom stereocenters. The Labute approximate surface area is 140 Å². The monoisotopic (exact) mass is 330 g/mol. The van der Waals surface area contributed by atoms with Crippen LogP contribution in [0, 0.1) is 22.7 Å². The molecule has 4 aromatic rings. The Kier molecular flexibility index (Phi) is 2.99. The summed E-state index contributed by atoms with van der Waals surface area (Å²) in [7, 11) is 0. The summed E-state index contributed by atoms with van der Waals surface area (Å²) >= 11 is 5.99.